The smallest absolute Gasteiger partial charge is 0.234 e. The van der Waals surface area contributed by atoms with Crippen LogP contribution in [-0.4, -0.2) is 35.8 Å². The first-order chi connectivity index (χ1) is 9.56. The summed E-state index contributed by atoms with van der Waals surface area (Å²) in [4.78, 5) is 25.1. The summed E-state index contributed by atoms with van der Waals surface area (Å²) in [6.07, 6.45) is 2.11. The van der Waals surface area contributed by atoms with E-state index >= 15 is 0 Å². The molecule has 2 rings (SSSR count). The third kappa shape index (κ3) is 4.05. The quantitative estimate of drug-likeness (QED) is 0.857. The number of halogens is 1. The number of amides is 2. The maximum Gasteiger partial charge on any atom is 0.234 e. The Hall–Kier alpha value is -1.40. The van der Waals surface area contributed by atoms with Crippen molar-refractivity contribution in [1.82, 2.24) is 4.90 Å². The molecule has 108 valence electrons. The van der Waals surface area contributed by atoms with E-state index in [1.165, 1.54) is 0 Å². The van der Waals surface area contributed by atoms with Crippen molar-refractivity contribution < 1.29 is 9.59 Å². The molecule has 1 saturated heterocycles. The Morgan fingerprint density at radius 1 is 1.45 bits per heavy atom. The number of hydrogen-bond acceptors (Lipinski definition) is 3. The van der Waals surface area contributed by atoms with Crippen LogP contribution in [0.1, 0.15) is 19.3 Å². The van der Waals surface area contributed by atoms with Crippen LogP contribution in [-0.2, 0) is 9.59 Å². The molecular formula is C14H18BrN3O2. The topological polar surface area (TPSA) is 75.4 Å². The van der Waals surface area contributed by atoms with Crippen LogP contribution in [0.2, 0.25) is 0 Å². The van der Waals surface area contributed by atoms with Gasteiger partial charge < -0.3 is 11.1 Å². The van der Waals surface area contributed by atoms with Gasteiger partial charge in [0.15, 0.2) is 0 Å². The second-order valence-electron chi connectivity index (χ2n) is 4.90. The van der Waals surface area contributed by atoms with E-state index in [1.54, 1.807) is 0 Å². The summed E-state index contributed by atoms with van der Waals surface area (Å²) in [7, 11) is 0. The first-order valence-electron chi connectivity index (χ1n) is 6.65. The Labute approximate surface area is 126 Å². The predicted molar refractivity (Wildman–Crippen MR) is 81.2 cm³/mol. The van der Waals surface area contributed by atoms with Crippen LogP contribution in [0.25, 0.3) is 0 Å². The van der Waals surface area contributed by atoms with Crippen molar-refractivity contribution in [3.8, 4) is 0 Å². The molecule has 1 aromatic rings. The standard InChI is InChI=1S/C14H18BrN3O2/c15-10-3-1-4-11(9-10)17-13(19)6-8-18-7-2-5-12(18)14(16)20/h1,3-4,9,12H,2,5-8H2,(H2,16,20)(H,17,19). The minimum atomic E-state index is -0.296. The zero-order valence-electron chi connectivity index (χ0n) is 11.1. The molecule has 0 spiro atoms. The fraction of sp³-hybridized carbons (Fsp3) is 0.429. The molecule has 2 amide bonds. The Morgan fingerprint density at radius 3 is 2.95 bits per heavy atom. The third-order valence-corrected chi connectivity index (χ3v) is 3.92. The Balaban J connectivity index is 1.82. The van der Waals surface area contributed by atoms with Gasteiger partial charge >= 0.3 is 0 Å². The summed E-state index contributed by atoms with van der Waals surface area (Å²) < 4.78 is 0.920. The fourth-order valence-corrected chi connectivity index (χ4v) is 2.85. The van der Waals surface area contributed by atoms with Crippen LogP contribution in [0.15, 0.2) is 28.7 Å². The van der Waals surface area contributed by atoms with E-state index in [0.29, 0.717) is 13.0 Å². The summed E-state index contributed by atoms with van der Waals surface area (Å²) >= 11 is 3.36. The van der Waals surface area contributed by atoms with E-state index in [4.69, 9.17) is 5.73 Å². The molecular weight excluding hydrogens is 322 g/mol. The molecule has 1 aromatic carbocycles. The van der Waals surface area contributed by atoms with Gasteiger partial charge in [-0.15, -0.1) is 0 Å². The Morgan fingerprint density at radius 2 is 2.25 bits per heavy atom. The lowest BCUT2D eigenvalue weighted by molar-refractivity contribution is -0.123. The van der Waals surface area contributed by atoms with Crippen LogP contribution >= 0.6 is 15.9 Å². The monoisotopic (exact) mass is 339 g/mol. The van der Waals surface area contributed by atoms with Gasteiger partial charge in [0, 0.05) is 23.1 Å². The molecule has 1 fully saturated rings. The van der Waals surface area contributed by atoms with E-state index < -0.39 is 0 Å². The molecule has 0 radical (unpaired) electrons. The number of hydrogen-bond donors (Lipinski definition) is 2. The van der Waals surface area contributed by atoms with Gasteiger partial charge in [-0.3, -0.25) is 14.5 Å². The normalized spacial score (nSPS) is 18.9. The number of anilines is 1. The zero-order valence-corrected chi connectivity index (χ0v) is 12.7. The SMILES string of the molecule is NC(=O)C1CCCN1CCC(=O)Nc1cccc(Br)c1. The second kappa shape index (κ2) is 6.85. The van der Waals surface area contributed by atoms with Gasteiger partial charge in [-0.05, 0) is 37.6 Å². The summed E-state index contributed by atoms with van der Waals surface area (Å²) in [5.74, 6) is -0.354. The number of carbonyl (C=O) groups is 2. The molecule has 0 aliphatic carbocycles. The van der Waals surface area contributed by atoms with Gasteiger partial charge in [0.25, 0.3) is 0 Å². The van der Waals surface area contributed by atoms with Gasteiger partial charge in [-0.1, -0.05) is 22.0 Å². The number of nitrogens with two attached hydrogens (primary N) is 1. The number of benzene rings is 1. The molecule has 5 nitrogen and oxygen atoms in total. The van der Waals surface area contributed by atoms with Crippen LogP contribution in [0.4, 0.5) is 5.69 Å². The highest BCUT2D eigenvalue weighted by Gasteiger charge is 2.28. The maximum absolute atomic E-state index is 11.9. The van der Waals surface area contributed by atoms with Crippen LogP contribution in [0, 0.1) is 0 Å². The molecule has 1 aliphatic rings. The lowest BCUT2D eigenvalue weighted by Crippen LogP contribution is -2.41. The summed E-state index contributed by atoms with van der Waals surface area (Å²) in [6, 6.07) is 7.24. The van der Waals surface area contributed by atoms with Crippen molar-refractivity contribution >= 4 is 33.4 Å². The van der Waals surface area contributed by atoms with E-state index in [-0.39, 0.29) is 17.9 Å². The molecule has 1 atom stereocenters. The molecule has 1 unspecified atom stereocenters. The molecule has 6 heteroatoms. The van der Waals surface area contributed by atoms with Crippen molar-refractivity contribution in [2.45, 2.75) is 25.3 Å². The maximum atomic E-state index is 11.9. The third-order valence-electron chi connectivity index (χ3n) is 3.43. The summed E-state index contributed by atoms with van der Waals surface area (Å²) in [5, 5.41) is 2.84. The van der Waals surface area contributed by atoms with Crippen molar-refractivity contribution in [2.75, 3.05) is 18.4 Å². The second-order valence-corrected chi connectivity index (χ2v) is 5.82. The van der Waals surface area contributed by atoms with E-state index in [1.807, 2.05) is 29.2 Å². The molecule has 1 heterocycles. The fourth-order valence-electron chi connectivity index (χ4n) is 2.45. The average Bonchev–Trinajstić information content (AvgIpc) is 2.85. The predicted octanol–water partition coefficient (Wildman–Crippen LogP) is 1.73. The van der Waals surface area contributed by atoms with E-state index in [9.17, 15) is 9.59 Å². The van der Waals surface area contributed by atoms with Crippen molar-refractivity contribution in [3.05, 3.63) is 28.7 Å². The van der Waals surface area contributed by atoms with Crippen LogP contribution < -0.4 is 11.1 Å². The first kappa shape index (κ1) is 15.0. The minimum absolute atomic E-state index is 0.0572. The van der Waals surface area contributed by atoms with Gasteiger partial charge in [0.1, 0.15) is 0 Å². The number of likely N-dealkylation sites (tertiary alicyclic amines) is 1. The Bertz CT molecular complexity index is 507. The number of nitrogens with one attached hydrogen (secondary N) is 1. The highest BCUT2D eigenvalue weighted by molar-refractivity contribution is 9.10. The van der Waals surface area contributed by atoms with Gasteiger partial charge in [-0.25, -0.2) is 0 Å². The van der Waals surface area contributed by atoms with E-state index in [0.717, 1.165) is 29.5 Å². The van der Waals surface area contributed by atoms with Crippen LogP contribution in [0.3, 0.4) is 0 Å². The zero-order chi connectivity index (χ0) is 14.5. The Kier molecular flexibility index (Phi) is 5.14. The molecule has 0 bridgehead atoms. The number of rotatable bonds is 5. The first-order valence-corrected chi connectivity index (χ1v) is 7.44. The van der Waals surface area contributed by atoms with Crippen molar-refractivity contribution in [2.24, 2.45) is 5.73 Å². The largest absolute Gasteiger partial charge is 0.368 e. The molecule has 20 heavy (non-hydrogen) atoms. The van der Waals surface area contributed by atoms with Crippen molar-refractivity contribution in [3.63, 3.8) is 0 Å². The molecule has 0 aromatic heterocycles. The van der Waals surface area contributed by atoms with Gasteiger partial charge in [0.05, 0.1) is 6.04 Å². The highest BCUT2D eigenvalue weighted by atomic mass is 79.9. The van der Waals surface area contributed by atoms with Crippen molar-refractivity contribution in [1.29, 1.82) is 0 Å². The van der Waals surface area contributed by atoms with E-state index in [2.05, 4.69) is 21.2 Å². The minimum Gasteiger partial charge on any atom is -0.368 e. The lowest BCUT2D eigenvalue weighted by atomic mass is 10.2. The highest BCUT2D eigenvalue weighted by Crippen LogP contribution is 2.18. The molecule has 0 saturated carbocycles. The molecule has 1 aliphatic heterocycles. The average molecular weight is 340 g/mol. The number of primary amides is 1. The van der Waals surface area contributed by atoms with Crippen LogP contribution in [0.5, 0.6) is 0 Å². The number of carbonyl (C=O) groups excluding carboxylic acids is 2. The summed E-state index contributed by atoms with van der Waals surface area (Å²) in [6.45, 7) is 1.39. The summed E-state index contributed by atoms with van der Waals surface area (Å²) in [5.41, 5.74) is 6.11. The molecule has 3 N–H and O–H groups in total. The lowest BCUT2D eigenvalue weighted by Gasteiger charge is -2.21. The van der Waals surface area contributed by atoms with Gasteiger partial charge in [0.2, 0.25) is 11.8 Å². The number of nitrogens with zero attached hydrogens (tertiary/aromatic N) is 1. The van der Waals surface area contributed by atoms with Gasteiger partial charge in [-0.2, -0.15) is 0 Å².